The first-order chi connectivity index (χ1) is 12.0. The minimum atomic E-state index is -0.635. The van der Waals surface area contributed by atoms with Gasteiger partial charge in [0.15, 0.2) is 6.10 Å². The van der Waals surface area contributed by atoms with Gasteiger partial charge in [0.05, 0.1) is 0 Å². The first-order valence-corrected chi connectivity index (χ1v) is 8.78. The van der Waals surface area contributed by atoms with Crippen LogP contribution >= 0.6 is 11.3 Å². The number of hydrogen-bond donors (Lipinski definition) is 1. The molecule has 128 valence electrons. The summed E-state index contributed by atoms with van der Waals surface area (Å²) >= 11 is 1.33. The average molecular weight is 353 g/mol. The summed E-state index contributed by atoms with van der Waals surface area (Å²) in [7, 11) is 0. The highest BCUT2D eigenvalue weighted by molar-refractivity contribution is 7.18. The van der Waals surface area contributed by atoms with Gasteiger partial charge in [-0.15, -0.1) is 10.2 Å². The lowest BCUT2D eigenvalue weighted by Crippen LogP contribution is -2.30. The molecule has 1 aromatic heterocycles. The van der Waals surface area contributed by atoms with Gasteiger partial charge in [0.1, 0.15) is 10.8 Å². The molecule has 3 aromatic rings. The van der Waals surface area contributed by atoms with Crippen LogP contribution in [0.3, 0.4) is 0 Å². The number of benzene rings is 2. The lowest BCUT2D eigenvalue weighted by atomic mass is 10.1. The standard InChI is InChI=1S/C19H19N3O2S/c1-12-9-10-13(2)16(11-12)24-14(3)17(23)20-19-22-21-18(25-19)15-7-5-4-6-8-15/h4-11,14H,1-3H3,(H,20,22,23). The van der Waals surface area contributed by atoms with Crippen molar-refractivity contribution in [1.29, 1.82) is 0 Å². The number of amides is 1. The second kappa shape index (κ2) is 7.44. The van der Waals surface area contributed by atoms with Crippen molar-refractivity contribution in [1.82, 2.24) is 10.2 Å². The maximum Gasteiger partial charge on any atom is 0.266 e. The molecule has 0 aliphatic rings. The number of aryl methyl sites for hydroxylation is 2. The van der Waals surface area contributed by atoms with E-state index < -0.39 is 6.10 Å². The molecular formula is C19H19N3O2S. The van der Waals surface area contributed by atoms with E-state index in [1.807, 2.05) is 62.4 Å². The van der Waals surface area contributed by atoms with Crippen molar-refractivity contribution in [2.75, 3.05) is 5.32 Å². The van der Waals surface area contributed by atoms with Crippen molar-refractivity contribution in [3.63, 3.8) is 0 Å². The van der Waals surface area contributed by atoms with Gasteiger partial charge in [0.25, 0.3) is 5.91 Å². The van der Waals surface area contributed by atoms with Crippen molar-refractivity contribution in [2.24, 2.45) is 0 Å². The molecular weight excluding hydrogens is 334 g/mol. The van der Waals surface area contributed by atoms with Crippen LogP contribution in [0.1, 0.15) is 18.1 Å². The summed E-state index contributed by atoms with van der Waals surface area (Å²) in [5, 5.41) is 12.1. The summed E-state index contributed by atoms with van der Waals surface area (Å²) in [4.78, 5) is 12.4. The van der Waals surface area contributed by atoms with Crippen molar-refractivity contribution >= 4 is 22.4 Å². The van der Waals surface area contributed by atoms with Crippen LogP contribution in [0, 0.1) is 13.8 Å². The first kappa shape index (κ1) is 17.1. The van der Waals surface area contributed by atoms with Gasteiger partial charge in [-0.25, -0.2) is 0 Å². The van der Waals surface area contributed by atoms with E-state index >= 15 is 0 Å². The first-order valence-electron chi connectivity index (χ1n) is 7.96. The molecule has 1 heterocycles. The second-order valence-corrected chi connectivity index (χ2v) is 6.77. The van der Waals surface area contributed by atoms with Gasteiger partial charge in [-0.05, 0) is 38.0 Å². The predicted molar refractivity (Wildman–Crippen MR) is 100.0 cm³/mol. The third-order valence-corrected chi connectivity index (χ3v) is 4.58. The zero-order valence-corrected chi connectivity index (χ0v) is 15.1. The van der Waals surface area contributed by atoms with Gasteiger partial charge in [-0.1, -0.05) is 53.8 Å². The van der Waals surface area contributed by atoms with Crippen LogP contribution in [0.4, 0.5) is 5.13 Å². The molecule has 0 fully saturated rings. The highest BCUT2D eigenvalue weighted by Crippen LogP contribution is 2.26. The van der Waals surface area contributed by atoms with E-state index in [1.165, 1.54) is 11.3 Å². The number of ether oxygens (including phenoxy) is 1. The predicted octanol–water partition coefficient (Wildman–Crippen LogP) is 4.23. The maximum absolute atomic E-state index is 12.4. The molecule has 2 aromatic carbocycles. The third kappa shape index (κ3) is 4.22. The van der Waals surface area contributed by atoms with Crippen LogP contribution in [0.25, 0.3) is 10.6 Å². The van der Waals surface area contributed by atoms with E-state index in [2.05, 4.69) is 15.5 Å². The van der Waals surface area contributed by atoms with Crippen LogP contribution in [-0.4, -0.2) is 22.2 Å². The van der Waals surface area contributed by atoms with E-state index in [1.54, 1.807) is 6.92 Å². The number of nitrogens with zero attached hydrogens (tertiary/aromatic N) is 2. The molecule has 1 N–H and O–H groups in total. The van der Waals surface area contributed by atoms with Crippen LogP contribution in [0.5, 0.6) is 5.75 Å². The Hall–Kier alpha value is -2.73. The summed E-state index contributed by atoms with van der Waals surface area (Å²) in [5.74, 6) is 0.460. The largest absolute Gasteiger partial charge is 0.481 e. The molecule has 0 spiro atoms. The number of carbonyl (C=O) groups is 1. The van der Waals surface area contributed by atoms with Gasteiger partial charge < -0.3 is 4.74 Å². The molecule has 0 saturated carbocycles. The highest BCUT2D eigenvalue weighted by atomic mass is 32.1. The van der Waals surface area contributed by atoms with E-state index in [4.69, 9.17) is 4.74 Å². The van der Waals surface area contributed by atoms with E-state index in [0.29, 0.717) is 10.9 Å². The normalized spacial score (nSPS) is 11.8. The monoisotopic (exact) mass is 353 g/mol. The Bertz CT molecular complexity index is 877. The fraction of sp³-hybridized carbons (Fsp3) is 0.211. The summed E-state index contributed by atoms with van der Waals surface area (Å²) < 4.78 is 5.80. The minimum absolute atomic E-state index is 0.253. The average Bonchev–Trinajstić information content (AvgIpc) is 3.07. The van der Waals surface area contributed by atoms with Crippen LogP contribution in [0.2, 0.25) is 0 Å². The van der Waals surface area contributed by atoms with Gasteiger partial charge >= 0.3 is 0 Å². The summed E-state index contributed by atoms with van der Waals surface area (Å²) in [6.45, 7) is 5.66. The molecule has 1 amide bonds. The molecule has 1 unspecified atom stereocenters. The van der Waals surface area contributed by atoms with Crippen LogP contribution < -0.4 is 10.1 Å². The Morgan fingerprint density at radius 2 is 1.88 bits per heavy atom. The Balaban J connectivity index is 1.66. The van der Waals surface area contributed by atoms with Crippen molar-refractivity contribution < 1.29 is 9.53 Å². The maximum atomic E-state index is 12.4. The number of carbonyl (C=O) groups excluding carboxylic acids is 1. The quantitative estimate of drug-likeness (QED) is 0.745. The van der Waals surface area contributed by atoms with Crippen molar-refractivity contribution in [3.8, 4) is 16.3 Å². The molecule has 0 radical (unpaired) electrons. The summed E-state index contributed by atoms with van der Waals surface area (Å²) in [6, 6.07) is 15.7. The topological polar surface area (TPSA) is 64.1 Å². The number of rotatable bonds is 5. The van der Waals surface area contributed by atoms with Crippen molar-refractivity contribution in [3.05, 3.63) is 59.7 Å². The lowest BCUT2D eigenvalue weighted by Gasteiger charge is -2.15. The minimum Gasteiger partial charge on any atom is -0.481 e. The molecule has 0 bridgehead atoms. The fourth-order valence-electron chi connectivity index (χ4n) is 2.26. The van der Waals surface area contributed by atoms with Gasteiger partial charge in [-0.2, -0.15) is 0 Å². The molecule has 0 aliphatic heterocycles. The van der Waals surface area contributed by atoms with Crippen LogP contribution in [-0.2, 0) is 4.79 Å². The highest BCUT2D eigenvalue weighted by Gasteiger charge is 2.18. The molecule has 6 heteroatoms. The number of anilines is 1. The molecule has 1 atom stereocenters. The van der Waals surface area contributed by atoms with E-state index in [0.717, 1.165) is 21.7 Å². The SMILES string of the molecule is Cc1ccc(C)c(OC(C)C(=O)Nc2nnc(-c3ccccc3)s2)c1. The fourth-order valence-corrected chi connectivity index (χ4v) is 3.01. The lowest BCUT2D eigenvalue weighted by molar-refractivity contribution is -0.122. The van der Waals surface area contributed by atoms with E-state index in [9.17, 15) is 4.79 Å². The van der Waals surface area contributed by atoms with Crippen molar-refractivity contribution in [2.45, 2.75) is 26.9 Å². The number of hydrogen-bond acceptors (Lipinski definition) is 5. The molecule has 3 rings (SSSR count). The van der Waals surface area contributed by atoms with Gasteiger partial charge in [-0.3, -0.25) is 10.1 Å². The Kier molecular flexibility index (Phi) is 5.09. The summed E-state index contributed by atoms with van der Waals surface area (Å²) in [5.41, 5.74) is 3.05. The molecule has 25 heavy (non-hydrogen) atoms. The Morgan fingerprint density at radius 1 is 1.12 bits per heavy atom. The van der Waals surface area contributed by atoms with Crippen LogP contribution in [0.15, 0.2) is 48.5 Å². The smallest absolute Gasteiger partial charge is 0.266 e. The zero-order chi connectivity index (χ0) is 17.8. The van der Waals surface area contributed by atoms with Gasteiger partial charge in [0, 0.05) is 5.56 Å². The molecule has 0 saturated heterocycles. The van der Waals surface area contributed by atoms with Gasteiger partial charge in [0.2, 0.25) is 5.13 Å². The Labute approximate surface area is 150 Å². The second-order valence-electron chi connectivity index (χ2n) is 5.80. The zero-order valence-electron chi connectivity index (χ0n) is 14.3. The molecule has 0 aliphatic carbocycles. The number of aromatic nitrogens is 2. The third-order valence-electron chi connectivity index (χ3n) is 3.69. The van der Waals surface area contributed by atoms with E-state index in [-0.39, 0.29) is 5.91 Å². The number of nitrogens with one attached hydrogen (secondary N) is 1. The Morgan fingerprint density at radius 3 is 2.64 bits per heavy atom. The summed E-state index contributed by atoms with van der Waals surface area (Å²) in [6.07, 6.45) is -0.635. The molecule has 5 nitrogen and oxygen atoms in total.